The smallest absolute Gasteiger partial charge is 0.319 e. The fraction of sp³-hybridized carbons (Fsp3) is 0.692. The van der Waals surface area contributed by atoms with Crippen LogP contribution in [-0.4, -0.2) is 32.2 Å². The molecule has 6 nitrogen and oxygen atoms in total. The number of esters is 2. The Labute approximate surface area is 192 Å². The highest BCUT2D eigenvalue weighted by atomic mass is 16.5. The van der Waals surface area contributed by atoms with Crippen LogP contribution in [0.3, 0.4) is 0 Å². The van der Waals surface area contributed by atoms with Crippen molar-refractivity contribution in [2.24, 2.45) is 22.7 Å². The average Bonchev–Trinajstić information content (AvgIpc) is 3.19. The van der Waals surface area contributed by atoms with Gasteiger partial charge in [0, 0.05) is 0 Å². The van der Waals surface area contributed by atoms with Crippen LogP contribution >= 0.6 is 0 Å². The van der Waals surface area contributed by atoms with E-state index in [0.29, 0.717) is 25.0 Å². The van der Waals surface area contributed by atoms with Gasteiger partial charge < -0.3 is 13.9 Å². The van der Waals surface area contributed by atoms with Crippen LogP contribution in [0, 0.1) is 22.7 Å². The second-order valence-corrected chi connectivity index (χ2v) is 9.89. The number of aryl methyl sites for hydroxylation is 1. The summed E-state index contributed by atoms with van der Waals surface area (Å²) in [4.78, 5) is 24.3. The lowest BCUT2D eigenvalue weighted by Crippen LogP contribution is -2.53. The second-order valence-electron chi connectivity index (χ2n) is 9.89. The van der Waals surface area contributed by atoms with Gasteiger partial charge in [-0.3, -0.25) is 14.9 Å². The van der Waals surface area contributed by atoms with Gasteiger partial charge in [0.2, 0.25) is 0 Å². The van der Waals surface area contributed by atoms with E-state index in [9.17, 15) is 9.59 Å². The lowest BCUT2D eigenvalue weighted by molar-refractivity contribution is -0.168. The number of methoxy groups -OCH3 is 1. The summed E-state index contributed by atoms with van der Waals surface area (Å²) in [6.45, 7) is 11.8. The number of hydrogen-bond donors (Lipinski definition) is 1. The molecule has 0 radical (unpaired) electrons. The van der Waals surface area contributed by atoms with E-state index in [1.54, 1.807) is 13.2 Å². The highest BCUT2D eigenvalue weighted by Gasteiger charge is 2.57. The SMILES string of the molecule is C=C1CC[C@@H]2[C@](C)(CCC[C@]2(C)C(=O)OC)[C@@H]1CCc1ccoc1CNCC(=O)OCC. The normalized spacial score (nSPS) is 29.9. The van der Waals surface area contributed by atoms with Crippen LogP contribution in [0.1, 0.15) is 70.6 Å². The molecule has 0 spiro atoms. The summed E-state index contributed by atoms with van der Waals surface area (Å²) in [5, 5.41) is 3.10. The van der Waals surface area contributed by atoms with Gasteiger partial charge in [0.05, 0.1) is 38.5 Å². The van der Waals surface area contributed by atoms with Gasteiger partial charge in [-0.15, -0.1) is 0 Å². The molecule has 1 N–H and O–H groups in total. The predicted molar refractivity (Wildman–Crippen MR) is 123 cm³/mol. The first-order valence-electron chi connectivity index (χ1n) is 11.9. The van der Waals surface area contributed by atoms with E-state index >= 15 is 0 Å². The van der Waals surface area contributed by atoms with Crippen molar-refractivity contribution in [3.63, 3.8) is 0 Å². The summed E-state index contributed by atoms with van der Waals surface area (Å²) in [7, 11) is 1.51. The van der Waals surface area contributed by atoms with Crippen molar-refractivity contribution in [3.05, 3.63) is 35.8 Å². The second kappa shape index (κ2) is 10.2. The van der Waals surface area contributed by atoms with Gasteiger partial charge in [-0.2, -0.15) is 0 Å². The molecule has 1 aromatic rings. The molecular formula is C26H39NO5. The van der Waals surface area contributed by atoms with E-state index in [1.807, 2.05) is 6.07 Å². The first kappa shape index (κ1) is 24.6. The average molecular weight is 446 g/mol. The Kier molecular flexibility index (Phi) is 7.86. The zero-order valence-electron chi connectivity index (χ0n) is 20.1. The van der Waals surface area contributed by atoms with Gasteiger partial charge >= 0.3 is 11.9 Å². The Hall–Kier alpha value is -2.08. The fourth-order valence-corrected chi connectivity index (χ4v) is 6.49. The van der Waals surface area contributed by atoms with E-state index in [4.69, 9.17) is 13.9 Å². The summed E-state index contributed by atoms with van der Waals surface area (Å²) in [5.74, 6) is 1.21. The van der Waals surface area contributed by atoms with Crippen LogP contribution in [0.5, 0.6) is 0 Å². The fourth-order valence-electron chi connectivity index (χ4n) is 6.49. The Morgan fingerprint density at radius 1 is 1.31 bits per heavy atom. The minimum atomic E-state index is -0.418. The number of fused-ring (bicyclic) bond motifs is 1. The first-order chi connectivity index (χ1) is 15.3. The summed E-state index contributed by atoms with van der Waals surface area (Å²) in [6.07, 6.45) is 8.61. The van der Waals surface area contributed by atoms with Crippen LogP contribution in [0.15, 0.2) is 28.9 Å². The first-order valence-corrected chi connectivity index (χ1v) is 11.9. The Balaban J connectivity index is 1.69. The molecule has 0 aromatic carbocycles. The molecule has 4 atom stereocenters. The monoisotopic (exact) mass is 445 g/mol. The topological polar surface area (TPSA) is 77.8 Å². The molecule has 2 aliphatic carbocycles. The zero-order chi connectivity index (χ0) is 23.4. The van der Waals surface area contributed by atoms with Crippen LogP contribution in [0.25, 0.3) is 0 Å². The summed E-state index contributed by atoms with van der Waals surface area (Å²) < 4.78 is 15.9. The Bertz CT molecular complexity index is 830. The van der Waals surface area contributed by atoms with Gasteiger partial charge in [-0.05, 0) is 81.3 Å². The molecule has 0 bridgehead atoms. The van der Waals surface area contributed by atoms with Crippen molar-refractivity contribution in [1.82, 2.24) is 5.32 Å². The summed E-state index contributed by atoms with van der Waals surface area (Å²) in [5.41, 5.74) is 2.09. The van der Waals surface area contributed by atoms with Crippen LogP contribution in [0.4, 0.5) is 0 Å². The van der Waals surface area contributed by atoms with Crippen molar-refractivity contribution in [1.29, 1.82) is 0 Å². The molecule has 1 heterocycles. The highest BCUT2D eigenvalue weighted by molar-refractivity contribution is 5.77. The molecule has 0 aliphatic heterocycles. The zero-order valence-corrected chi connectivity index (χ0v) is 20.1. The minimum absolute atomic E-state index is 0.0442. The predicted octanol–water partition coefficient (Wildman–Crippen LogP) is 4.82. The van der Waals surface area contributed by atoms with Gasteiger partial charge in [0.1, 0.15) is 5.76 Å². The molecular weight excluding hydrogens is 406 g/mol. The lowest BCUT2D eigenvalue weighted by Gasteiger charge is -2.57. The minimum Gasteiger partial charge on any atom is -0.469 e. The number of rotatable bonds is 9. The largest absolute Gasteiger partial charge is 0.469 e. The number of furan rings is 1. The maximum atomic E-state index is 12.8. The molecule has 0 amide bonds. The van der Waals surface area contributed by atoms with Crippen molar-refractivity contribution in [2.45, 2.75) is 72.3 Å². The molecule has 3 rings (SSSR count). The standard InChI is InChI=1S/C26H39NO5/c1-6-31-23(28)17-27-16-21-19(12-15-32-21)9-10-20-18(2)8-11-22-25(20,3)13-7-14-26(22,4)24(29)30-5/h12,15,20,22,27H,2,6-11,13-14,16-17H2,1,3-5H3/t20-,22-,25-,26+/m1/s1. The third-order valence-corrected chi connectivity index (χ3v) is 8.07. The molecule has 2 aliphatic rings. The maximum Gasteiger partial charge on any atom is 0.319 e. The molecule has 0 unspecified atom stereocenters. The van der Waals surface area contributed by atoms with Gasteiger partial charge in [0.15, 0.2) is 0 Å². The van der Waals surface area contributed by atoms with Crippen molar-refractivity contribution in [2.75, 3.05) is 20.3 Å². The molecule has 178 valence electrons. The molecule has 1 aromatic heterocycles. The van der Waals surface area contributed by atoms with E-state index in [1.165, 1.54) is 12.7 Å². The van der Waals surface area contributed by atoms with Gasteiger partial charge in [0.25, 0.3) is 0 Å². The number of allylic oxidation sites excluding steroid dienone is 1. The Morgan fingerprint density at radius 2 is 2.09 bits per heavy atom. The number of ether oxygens (including phenoxy) is 2. The maximum absolute atomic E-state index is 12.8. The van der Waals surface area contributed by atoms with Crippen molar-refractivity contribution < 1.29 is 23.5 Å². The van der Waals surface area contributed by atoms with Gasteiger partial charge in [-0.1, -0.05) is 25.5 Å². The Morgan fingerprint density at radius 3 is 2.81 bits per heavy atom. The van der Waals surface area contributed by atoms with E-state index in [-0.39, 0.29) is 23.9 Å². The van der Waals surface area contributed by atoms with Crippen molar-refractivity contribution >= 4 is 11.9 Å². The highest BCUT2D eigenvalue weighted by Crippen LogP contribution is 2.62. The summed E-state index contributed by atoms with van der Waals surface area (Å²) >= 11 is 0. The molecule has 2 fully saturated rings. The molecule has 0 saturated heterocycles. The van der Waals surface area contributed by atoms with Gasteiger partial charge in [-0.25, -0.2) is 0 Å². The quantitative estimate of drug-likeness (QED) is 0.434. The molecule has 32 heavy (non-hydrogen) atoms. The number of hydrogen-bond acceptors (Lipinski definition) is 6. The van der Waals surface area contributed by atoms with E-state index in [0.717, 1.165) is 56.3 Å². The van der Waals surface area contributed by atoms with Crippen LogP contribution < -0.4 is 5.32 Å². The number of nitrogens with one attached hydrogen (secondary N) is 1. The number of carbonyl (C=O) groups is 2. The number of carbonyl (C=O) groups excluding carboxylic acids is 2. The third-order valence-electron chi connectivity index (χ3n) is 8.07. The lowest BCUT2D eigenvalue weighted by atomic mass is 9.46. The third kappa shape index (κ3) is 4.80. The van der Waals surface area contributed by atoms with E-state index in [2.05, 4.69) is 25.7 Å². The van der Waals surface area contributed by atoms with Crippen LogP contribution in [-0.2, 0) is 32.0 Å². The van der Waals surface area contributed by atoms with Crippen molar-refractivity contribution in [3.8, 4) is 0 Å². The van der Waals surface area contributed by atoms with Crippen LogP contribution in [0.2, 0.25) is 0 Å². The molecule has 6 heteroatoms. The molecule has 2 saturated carbocycles. The summed E-state index contributed by atoms with van der Waals surface area (Å²) in [6, 6.07) is 2.02. The van der Waals surface area contributed by atoms with E-state index < -0.39 is 5.41 Å².